The van der Waals surface area contributed by atoms with Crippen molar-refractivity contribution in [2.24, 2.45) is 0 Å². The maximum Gasteiger partial charge on any atom is 0.253 e. The summed E-state index contributed by atoms with van der Waals surface area (Å²) in [7, 11) is 0. The quantitative estimate of drug-likeness (QED) is 0.842. The van der Waals surface area contributed by atoms with Gasteiger partial charge in [-0.1, -0.05) is 34.1 Å². The minimum atomic E-state index is -0.259. The molecule has 0 aliphatic rings. The molecule has 0 spiro atoms. The van der Waals surface area contributed by atoms with Crippen LogP contribution in [-0.2, 0) is 6.42 Å². The average molecular weight is 337 g/mol. The van der Waals surface area contributed by atoms with Gasteiger partial charge in [-0.05, 0) is 36.2 Å². The number of rotatable bonds is 4. The number of nitrogens with one attached hydrogen (secondary N) is 1. The molecule has 5 heteroatoms. The average Bonchev–Trinajstić information content (AvgIpc) is 2.40. The van der Waals surface area contributed by atoms with Gasteiger partial charge in [0.15, 0.2) is 0 Å². The normalized spacial score (nSPS) is 10.3. The number of anilines is 1. The van der Waals surface area contributed by atoms with Gasteiger partial charge in [-0.25, -0.2) is 4.39 Å². The van der Waals surface area contributed by atoms with E-state index in [1.807, 2.05) is 0 Å². The first-order chi connectivity index (χ1) is 9.58. The monoisotopic (exact) mass is 336 g/mol. The summed E-state index contributed by atoms with van der Waals surface area (Å²) in [5, 5.41) is 2.73. The van der Waals surface area contributed by atoms with Crippen LogP contribution in [0.15, 0.2) is 46.9 Å². The van der Waals surface area contributed by atoms with Crippen LogP contribution in [-0.4, -0.2) is 12.5 Å². The highest BCUT2D eigenvalue weighted by Crippen LogP contribution is 2.18. The maximum atomic E-state index is 13.4. The van der Waals surface area contributed by atoms with Gasteiger partial charge < -0.3 is 11.1 Å². The largest absolute Gasteiger partial charge is 0.398 e. The van der Waals surface area contributed by atoms with Crippen molar-refractivity contribution < 1.29 is 9.18 Å². The van der Waals surface area contributed by atoms with E-state index in [2.05, 4.69) is 21.2 Å². The van der Waals surface area contributed by atoms with Crippen molar-refractivity contribution in [2.45, 2.75) is 6.42 Å². The second-order valence-corrected chi connectivity index (χ2v) is 5.24. The molecule has 0 aromatic heterocycles. The van der Waals surface area contributed by atoms with E-state index in [0.717, 1.165) is 4.47 Å². The molecule has 0 heterocycles. The lowest BCUT2D eigenvalue weighted by Crippen LogP contribution is -2.26. The van der Waals surface area contributed by atoms with Gasteiger partial charge in [0.25, 0.3) is 5.91 Å². The predicted molar refractivity (Wildman–Crippen MR) is 81.0 cm³/mol. The fourth-order valence-corrected chi connectivity index (χ4v) is 2.23. The van der Waals surface area contributed by atoms with Crippen LogP contribution in [0, 0.1) is 5.82 Å². The van der Waals surface area contributed by atoms with Crippen molar-refractivity contribution in [1.82, 2.24) is 5.32 Å². The Morgan fingerprint density at radius 1 is 1.25 bits per heavy atom. The second kappa shape index (κ2) is 6.52. The first-order valence-corrected chi connectivity index (χ1v) is 6.94. The second-order valence-electron chi connectivity index (χ2n) is 4.33. The molecular weight excluding hydrogens is 323 g/mol. The molecular formula is C15H14BrFN2O. The Bertz CT molecular complexity index is 631. The zero-order chi connectivity index (χ0) is 14.5. The summed E-state index contributed by atoms with van der Waals surface area (Å²) in [4.78, 5) is 12.0. The molecule has 0 unspecified atom stereocenters. The third-order valence-corrected chi connectivity index (χ3v) is 3.39. The molecule has 2 aromatic carbocycles. The van der Waals surface area contributed by atoms with Gasteiger partial charge in [0, 0.05) is 16.7 Å². The fraction of sp³-hybridized carbons (Fsp3) is 0.133. The summed E-state index contributed by atoms with van der Waals surface area (Å²) in [5.74, 6) is -0.517. The molecule has 0 bridgehead atoms. The van der Waals surface area contributed by atoms with Gasteiger partial charge in [0.05, 0.1) is 5.56 Å². The summed E-state index contributed by atoms with van der Waals surface area (Å²) < 4.78 is 14.2. The SMILES string of the molecule is Nc1cc(Br)ccc1C(=O)NCCc1ccccc1F. The van der Waals surface area contributed by atoms with E-state index in [-0.39, 0.29) is 11.7 Å². The number of carbonyl (C=O) groups is 1. The topological polar surface area (TPSA) is 55.1 Å². The Labute approximate surface area is 125 Å². The van der Waals surface area contributed by atoms with E-state index in [1.165, 1.54) is 6.07 Å². The summed E-state index contributed by atoms with van der Waals surface area (Å²) >= 11 is 3.28. The number of amides is 1. The van der Waals surface area contributed by atoms with Crippen LogP contribution in [0.3, 0.4) is 0 Å². The van der Waals surface area contributed by atoms with Crippen LogP contribution in [0.2, 0.25) is 0 Å². The predicted octanol–water partition coefficient (Wildman–Crippen LogP) is 3.14. The van der Waals surface area contributed by atoms with Crippen LogP contribution in [0.5, 0.6) is 0 Å². The van der Waals surface area contributed by atoms with E-state index < -0.39 is 0 Å². The highest BCUT2D eigenvalue weighted by molar-refractivity contribution is 9.10. The number of nitrogens with two attached hydrogens (primary N) is 1. The molecule has 2 aromatic rings. The molecule has 0 aliphatic heterocycles. The minimum Gasteiger partial charge on any atom is -0.398 e. The van der Waals surface area contributed by atoms with Crippen LogP contribution in [0.25, 0.3) is 0 Å². The molecule has 1 amide bonds. The van der Waals surface area contributed by atoms with Gasteiger partial charge in [-0.3, -0.25) is 4.79 Å². The third kappa shape index (κ3) is 3.57. The molecule has 0 aliphatic carbocycles. The maximum absolute atomic E-state index is 13.4. The number of halogens is 2. The zero-order valence-electron chi connectivity index (χ0n) is 10.7. The lowest BCUT2D eigenvalue weighted by molar-refractivity contribution is 0.0955. The van der Waals surface area contributed by atoms with Crippen molar-refractivity contribution >= 4 is 27.5 Å². The summed E-state index contributed by atoms with van der Waals surface area (Å²) in [6, 6.07) is 11.6. The Kier molecular flexibility index (Phi) is 4.74. The molecule has 3 N–H and O–H groups in total. The van der Waals surface area contributed by atoms with Crippen LogP contribution in [0.1, 0.15) is 15.9 Å². The number of hydrogen-bond acceptors (Lipinski definition) is 2. The number of hydrogen-bond donors (Lipinski definition) is 2. The van der Waals surface area contributed by atoms with Gasteiger partial charge in [-0.15, -0.1) is 0 Å². The van der Waals surface area contributed by atoms with Crippen molar-refractivity contribution in [3.05, 3.63) is 63.9 Å². The molecule has 104 valence electrons. The summed E-state index contributed by atoms with van der Waals surface area (Å²) in [6.07, 6.45) is 0.439. The van der Waals surface area contributed by atoms with Gasteiger partial charge >= 0.3 is 0 Å². The van der Waals surface area contributed by atoms with Gasteiger partial charge in [-0.2, -0.15) is 0 Å². The minimum absolute atomic E-state index is 0.258. The molecule has 0 saturated heterocycles. The first-order valence-electron chi connectivity index (χ1n) is 6.14. The van der Waals surface area contributed by atoms with E-state index in [4.69, 9.17) is 5.73 Å². The van der Waals surface area contributed by atoms with Crippen molar-refractivity contribution in [3.8, 4) is 0 Å². The third-order valence-electron chi connectivity index (χ3n) is 2.90. The lowest BCUT2D eigenvalue weighted by atomic mass is 10.1. The Morgan fingerprint density at radius 3 is 2.70 bits per heavy atom. The lowest BCUT2D eigenvalue weighted by Gasteiger charge is -2.08. The Balaban J connectivity index is 1.94. The molecule has 0 radical (unpaired) electrons. The molecule has 0 saturated carbocycles. The van der Waals surface area contributed by atoms with E-state index in [0.29, 0.717) is 29.8 Å². The van der Waals surface area contributed by atoms with Gasteiger partial charge in [0.2, 0.25) is 0 Å². The highest BCUT2D eigenvalue weighted by Gasteiger charge is 2.09. The Hall–Kier alpha value is -1.88. The van der Waals surface area contributed by atoms with Crippen LogP contribution in [0.4, 0.5) is 10.1 Å². The smallest absolute Gasteiger partial charge is 0.253 e. The molecule has 2 rings (SSSR count). The zero-order valence-corrected chi connectivity index (χ0v) is 12.3. The highest BCUT2D eigenvalue weighted by atomic mass is 79.9. The van der Waals surface area contributed by atoms with E-state index in [1.54, 1.807) is 36.4 Å². The number of nitrogen functional groups attached to an aromatic ring is 1. The fourth-order valence-electron chi connectivity index (χ4n) is 1.85. The molecule has 0 atom stereocenters. The van der Waals surface area contributed by atoms with Crippen molar-refractivity contribution in [2.75, 3.05) is 12.3 Å². The van der Waals surface area contributed by atoms with E-state index in [9.17, 15) is 9.18 Å². The van der Waals surface area contributed by atoms with Crippen LogP contribution >= 0.6 is 15.9 Å². The number of benzene rings is 2. The van der Waals surface area contributed by atoms with Crippen molar-refractivity contribution in [1.29, 1.82) is 0 Å². The molecule has 3 nitrogen and oxygen atoms in total. The van der Waals surface area contributed by atoms with E-state index >= 15 is 0 Å². The van der Waals surface area contributed by atoms with Crippen LogP contribution < -0.4 is 11.1 Å². The first kappa shape index (κ1) is 14.5. The number of carbonyl (C=O) groups excluding carboxylic acids is 1. The summed E-state index contributed by atoms with van der Waals surface area (Å²) in [6.45, 7) is 0.356. The standard InChI is InChI=1S/C15H14BrFN2O/c16-11-5-6-12(14(18)9-11)15(20)19-8-7-10-3-1-2-4-13(10)17/h1-6,9H,7-8,18H2,(H,19,20). The molecule has 0 fully saturated rings. The summed E-state index contributed by atoms with van der Waals surface area (Å²) in [5.41, 5.74) is 7.18. The molecule has 20 heavy (non-hydrogen) atoms. The Morgan fingerprint density at radius 2 is 2.00 bits per heavy atom. The van der Waals surface area contributed by atoms with Crippen molar-refractivity contribution in [3.63, 3.8) is 0 Å². The van der Waals surface area contributed by atoms with Gasteiger partial charge in [0.1, 0.15) is 5.82 Å².